The Morgan fingerprint density at radius 3 is 2.47 bits per heavy atom. The van der Waals surface area contributed by atoms with Gasteiger partial charge in [0.25, 0.3) is 5.91 Å². The van der Waals surface area contributed by atoms with Crippen molar-refractivity contribution in [2.45, 2.75) is 6.10 Å². The number of carbonyl (C=O) groups excluding carboxylic acids is 1. The van der Waals surface area contributed by atoms with Crippen LogP contribution in [0.1, 0.15) is 20.7 Å². The van der Waals surface area contributed by atoms with E-state index in [1.54, 1.807) is 54.6 Å². The SMILES string of the molecule is O=C(Nc1cc(Cl)c(-c2ccccc2C(=O)O)cc1OC[C@@H]1CO1)c1ccccc1. The number of ether oxygens (including phenoxy) is 2. The van der Waals surface area contributed by atoms with Crippen LogP contribution in [-0.4, -0.2) is 36.3 Å². The van der Waals surface area contributed by atoms with E-state index in [1.807, 2.05) is 6.07 Å². The van der Waals surface area contributed by atoms with Crippen LogP contribution in [0.4, 0.5) is 5.69 Å². The first-order chi connectivity index (χ1) is 14.5. The van der Waals surface area contributed by atoms with E-state index in [0.717, 1.165) is 0 Å². The number of carbonyl (C=O) groups is 2. The molecule has 1 atom stereocenters. The summed E-state index contributed by atoms with van der Waals surface area (Å²) in [5.41, 5.74) is 1.97. The normalized spacial score (nSPS) is 14.8. The van der Waals surface area contributed by atoms with Gasteiger partial charge in [-0.05, 0) is 35.9 Å². The molecule has 6 nitrogen and oxygen atoms in total. The highest BCUT2D eigenvalue weighted by Crippen LogP contribution is 2.39. The van der Waals surface area contributed by atoms with E-state index >= 15 is 0 Å². The van der Waals surface area contributed by atoms with Gasteiger partial charge < -0.3 is 19.9 Å². The van der Waals surface area contributed by atoms with Crippen molar-refractivity contribution in [1.82, 2.24) is 0 Å². The number of hydrogen-bond donors (Lipinski definition) is 2. The van der Waals surface area contributed by atoms with E-state index in [4.69, 9.17) is 21.1 Å². The van der Waals surface area contributed by atoms with Crippen LogP contribution in [0.3, 0.4) is 0 Å². The summed E-state index contributed by atoms with van der Waals surface area (Å²) >= 11 is 6.49. The van der Waals surface area contributed by atoms with Crippen molar-refractivity contribution in [1.29, 1.82) is 0 Å². The lowest BCUT2D eigenvalue weighted by atomic mass is 9.99. The average molecular weight is 424 g/mol. The molecule has 0 bridgehead atoms. The Labute approximate surface area is 178 Å². The summed E-state index contributed by atoms with van der Waals surface area (Å²) in [6, 6.07) is 18.6. The van der Waals surface area contributed by atoms with Crippen LogP contribution < -0.4 is 10.1 Å². The summed E-state index contributed by atoms with van der Waals surface area (Å²) in [7, 11) is 0. The highest BCUT2D eigenvalue weighted by molar-refractivity contribution is 6.34. The fraction of sp³-hybridized carbons (Fsp3) is 0.130. The molecule has 1 fully saturated rings. The van der Waals surface area contributed by atoms with E-state index in [0.29, 0.717) is 46.4 Å². The van der Waals surface area contributed by atoms with Crippen molar-refractivity contribution in [3.05, 3.63) is 82.9 Å². The summed E-state index contributed by atoms with van der Waals surface area (Å²) in [5.74, 6) is -0.982. The van der Waals surface area contributed by atoms with Gasteiger partial charge in [0.15, 0.2) is 0 Å². The first-order valence-electron chi connectivity index (χ1n) is 9.30. The lowest BCUT2D eigenvalue weighted by Gasteiger charge is -2.16. The minimum absolute atomic E-state index is 0.00751. The molecule has 3 aromatic rings. The number of amides is 1. The monoisotopic (exact) mass is 423 g/mol. The Kier molecular flexibility index (Phi) is 5.70. The summed E-state index contributed by atoms with van der Waals surface area (Å²) < 4.78 is 11.1. The molecule has 0 saturated carbocycles. The Balaban J connectivity index is 1.72. The van der Waals surface area contributed by atoms with E-state index in [-0.39, 0.29) is 17.6 Å². The van der Waals surface area contributed by atoms with Gasteiger partial charge in [-0.25, -0.2) is 4.79 Å². The highest BCUT2D eigenvalue weighted by Gasteiger charge is 2.25. The number of hydrogen-bond acceptors (Lipinski definition) is 4. The number of aromatic carboxylic acids is 1. The van der Waals surface area contributed by atoms with Crippen molar-refractivity contribution in [2.24, 2.45) is 0 Å². The maximum absolute atomic E-state index is 12.6. The zero-order valence-corrected chi connectivity index (χ0v) is 16.6. The van der Waals surface area contributed by atoms with E-state index in [9.17, 15) is 14.7 Å². The first-order valence-corrected chi connectivity index (χ1v) is 9.68. The number of carboxylic acid groups (broad SMARTS) is 1. The maximum Gasteiger partial charge on any atom is 0.336 e. The summed E-state index contributed by atoms with van der Waals surface area (Å²) in [6.45, 7) is 0.934. The molecule has 1 aliphatic heterocycles. The number of anilines is 1. The van der Waals surface area contributed by atoms with Crippen molar-refractivity contribution in [3.8, 4) is 16.9 Å². The van der Waals surface area contributed by atoms with Crippen LogP contribution in [0.5, 0.6) is 5.75 Å². The Morgan fingerprint density at radius 1 is 1.07 bits per heavy atom. The number of halogens is 1. The Bertz CT molecular complexity index is 1100. The third-order valence-corrected chi connectivity index (χ3v) is 4.94. The van der Waals surface area contributed by atoms with Crippen LogP contribution in [0.25, 0.3) is 11.1 Å². The lowest BCUT2D eigenvalue weighted by molar-refractivity contribution is 0.0697. The molecular formula is C23H18ClNO5. The van der Waals surface area contributed by atoms with E-state index in [2.05, 4.69) is 5.32 Å². The van der Waals surface area contributed by atoms with Gasteiger partial charge in [0.2, 0.25) is 0 Å². The summed E-state index contributed by atoms with van der Waals surface area (Å²) in [4.78, 5) is 24.3. The predicted octanol–water partition coefficient (Wildman–Crippen LogP) is 4.74. The second kappa shape index (κ2) is 8.57. The van der Waals surface area contributed by atoms with Gasteiger partial charge in [-0.3, -0.25) is 4.79 Å². The summed E-state index contributed by atoms with van der Waals surface area (Å²) in [6.07, 6.45) is 0.00751. The van der Waals surface area contributed by atoms with Crippen LogP contribution in [0.2, 0.25) is 5.02 Å². The van der Waals surface area contributed by atoms with Gasteiger partial charge in [0.1, 0.15) is 18.5 Å². The standard InChI is InChI=1S/C23H18ClNO5/c24-19-11-20(25-22(26)14-6-2-1-3-7-14)21(30-13-15-12-29-15)10-18(19)16-8-4-5-9-17(16)23(27)28/h1-11,15H,12-13H2,(H,25,26)(H,27,28)/t15-/m0/s1. The maximum atomic E-state index is 12.6. The van der Waals surface area contributed by atoms with E-state index in [1.165, 1.54) is 6.07 Å². The van der Waals surface area contributed by atoms with Gasteiger partial charge in [0, 0.05) is 11.1 Å². The molecule has 152 valence electrons. The second-order valence-corrected chi connectivity index (χ2v) is 7.17. The Morgan fingerprint density at radius 2 is 1.77 bits per heavy atom. The number of rotatable bonds is 7. The molecule has 0 spiro atoms. The smallest absolute Gasteiger partial charge is 0.336 e. The number of nitrogens with one attached hydrogen (secondary N) is 1. The molecule has 1 saturated heterocycles. The lowest BCUT2D eigenvalue weighted by Crippen LogP contribution is -2.14. The van der Waals surface area contributed by atoms with Crippen LogP contribution >= 0.6 is 11.6 Å². The third kappa shape index (κ3) is 4.45. The molecule has 1 aliphatic rings. The minimum Gasteiger partial charge on any atom is -0.489 e. The molecule has 2 N–H and O–H groups in total. The fourth-order valence-corrected chi connectivity index (χ4v) is 3.28. The van der Waals surface area contributed by atoms with Crippen LogP contribution in [0.15, 0.2) is 66.7 Å². The summed E-state index contributed by atoms with van der Waals surface area (Å²) in [5, 5.41) is 12.6. The molecule has 0 aromatic heterocycles. The number of epoxide rings is 1. The molecule has 3 aromatic carbocycles. The van der Waals surface area contributed by atoms with Gasteiger partial charge in [0.05, 0.1) is 22.9 Å². The molecule has 1 heterocycles. The van der Waals surface area contributed by atoms with Gasteiger partial charge in [-0.15, -0.1) is 0 Å². The average Bonchev–Trinajstić information content (AvgIpc) is 3.58. The molecule has 0 aliphatic carbocycles. The third-order valence-electron chi connectivity index (χ3n) is 4.63. The minimum atomic E-state index is -1.06. The van der Waals surface area contributed by atoms with Crippen LogP contribution in [-0.2, 0) is 4.74 Å². The molecule has 0 unspecified atom stereocenters. The zero-order chi connectivity index (χ0) is 21.1. The molecule has 30 heavy (non-hydrogen) atoms. The molecular weight excluding hydrogens is 406 g/mol. The topological polar surface area (TPSA) is 88.2 Å². The zero-order valence-electron chi connectivity index (χ0n) is 15.8. The largest absolute Gasteiger partial charge is 0.489 e. The molecule has 4 rings (SSSR count). The van der Waals surface area contributed by atoms with Gasteiger partial charge in [-0.1, -0.05) is 48.0 Å². The molecule has 0 radical (unpaired) electrons. The molecule has 1 amide bonds. The van der Waals surface area contributed by atoms with Crippen LogP contribution in [0, 0.1) is 0 Å². The Hall–Kier alpha value is -3.35. The van der Waals surface area contributed by atoms with Crippen molar-refractivity contribution in [2.75, 3.05) is 18.5 Å². The number of benzene rings is 3. The van der Waals surface area contributed by atoms with Gasteiger partial charge in [-0.2, -0.15) is 0 Å². The van der Waals surface area contributed by atoms with Crippen molar-refractivity contribution in [3.63, 3.8) is 0 Å². The first kappa shape index (κ1) is 19.9. The highest BCUT2D eigenvalue weighted by atomic mass is 35.5. The molecule has 7 heteroatoms. The second-order valence-electron chi connectivity index (χ2n) is 6.77. The van der Waals surface area contributed by atoms with E-state index < -0.39 is 5.97 Å². The van der Waals surface area contributed by atoms with Crippen molar-refractivity contribution < 1.29 is 24.2 Å². The number of carboxylic acids is 1. The fourth-order valence-electron chi connectivity index (χ4n) is 3.01. The predicted molar refractivity (Wildman–Crippen MR) is 113 cm³/mol. The quantitative estimate of drug-likeness (QED) is 0.536. The van der Waals surface area contributed by atoms with Gasteiger partial charge >= 0.3 is 5.97 Å². The van der Waals surface area contributed by atoms with Crippen molar-refractivity contribution >= 4 is 29.2 Å².